The number of aromatic amines is 1. The summed E-state index contributed by atoms with van der Waals surface area (Å²) >= 11 is 7.95. The van der Waals surface area contributed by atoms with Crippen molar-refractivity contribution in [2.45, 2.75) is 9.79 Å². The molecule has 0 atom stereocenters. The van der Waals surface area contributed by atoms with E-state index in [1.165, 1.54) is 24.3 Å². The van der Waals surface area contributed by atoms with Gasteiger partial charge in [0.25, 0.3) is 5.56 Å². The lowest BCUT2D eigenvalue weighted by atomic mass is 10.2. The lowest BCUT2D eigenvalue weighted by molar-refractivity contribution is 0.463. The molecule has 5 nitrogen and oxygen atoms in total. The van der Waals surface area contributed by atoms with E-state index in [4.69, 9.17) is 11.6 Å². The van der Waals surface area contributed by atoms with Crippen molar-refractivity contribution in [1.82, 2.24) is 4.98 Å². The van der Waals surface area contributed by atoms with Crippen molar-refractivity contribution >= 4 is 54.9 Å². The Kier molecular flexibility index (Phi) is 4.11. The summed E-state index contributed by atoms with van der Waals surface area (Å²) in [6.45, 7) is 0. The minimum Gasteiger partial charge on any atom is -0.506 e. The van der Waals surface area contributed by atoms with Crippen molar-refractivity contribution in [3.63, 3.8) is 0 Å². The van der Waals surface area contributed by atoms with Gasteiger partial charge in [-0.05, 0) is 46.9 Å². The minimum absolute atomic E-state index is 0.0659. The van der Waals surface area contributed by atoms with Gasteiger partial charge in [0.1, 0.15) is 5.75 Å². The second kappa shape index (κ2) is 5.81. The lowest BCUT2D eigenvalue weighted by Gasteiger charge is -2.09. The molecule has 0 spiro atoms. The van der Waals surface area contributed by atoms with Gasteiger partial charge in [0.2, 0.25) is 9.84 Å². The van der Waals surface area contributed by atoms with Gasteiger partial charge in [0.15, 0.2) is 4.90 Å². The summed E-state index contributed by atoms with van der Waals surface area (Å²) in [5.41, 5.74) is -0.624. The largest absolute Gasteiger partial charge is 0.506 e. The fourth-order valence-corrected chi connectivity index (χ4v) is 4.26. The fraction of sp³-hybridized carbons (Fsp3) is 0. The van der Waals surface area contributed by atoms with Gasteiger partial charge in [-0.3, -0.25) is 4.79 Å². The Morgan fingerprint density at radius 1 is 1.13 bits per heavy atom. The summed E-state index contributed by atoms with van der Waals surface area (Å²) in [7, 11) is -4.14. The Bertz CT molecular complexity index is 1080. The summed E-state index contributed by atoms with van der Waals surface area (Å²) in [4.78, 5) is 14.0. The first-order valence-electron chi connectivity index (χ1n) is 6.36. The predicted octanol–water partition coefficient (Wildman–Crippen LogP) is 3.32. The quantitative estimate of drug-likeness (QED) is 0.573. The van der Waals surface area contributed by atoms with Gasteiger partial charge in [0, 0.05) is 8.96 Å². The molecule has 0 aliphatic carbocycles. The topological polar surface area (TPSA) is 87.2 Å². The lowest BCUT2D eigenvalue weighted by Crippen LogP contribution is -2.18. The van der Waals surface area contributed by atoms with Crippen LogP contribution >= 0.6 is 34.2 Å². The molecule has 0 saturated carbocycles. The molecule has 1 aromatic heterocycles. The van der Waals surface area contributed by atoms with Crippen molar-refractivity contribution in [2.75, 3.05) is 0 Å². The first-order valence-corrected chi connectivity index (χ1v) is 9.30. The van der Waals surface area contributed by atoms with Crippen LogP contribution in [0.1, 0.15) is 0 Å². The third kappa shape index (κ3) is 2.73. The summed E-state index contributed by atoms with van der Waals surface area (Å²) in [5, 5.41) is 11.0. The van der Waals surface area contributed by atoms with Crippen LogP contribution < -0.4 is 5.56 Å². The average Bonchev–Trinajstić information content (AvgIpc) is 2.50. The summed E-state index contributed by atoms with van der Waals surface area (Å²) in [6.07, 6.45) is 0. The first-order chi connectivity index (χ1) is 10.8. The predicted molar refractivity (Wildman–Crippen MR) is 95.9 cm³/mol. The van der Waals surface area contributed by atoms with Crippen LogP contribution in [0.2, 0.25) is 5.02 Å². The smallest absolute Gasteiger partial charge is 0.271 e. The molecule has 23 heavy (non-hydrogen) atoms. The molecule has 0 fully saturated rings. The van der Waals surface area contributed by atoms with E-state index in [2.05, 4.69) is 4.98 Å². The number of rotatable bonds is 2. The van der Waals surface area contributed by atoms with Crippen molar-refractivity contribution in [2.24, 2.45) is 0 Å². The molecular formula is C15H9ClINO4S. The van der Waals surface area contributed by atoms with Crippen LogP contribution in [0.3, 0.4) is 0 Å². The summed E-state index contributed by atoms with van der Waals surface area (Å²) in [6, 6.07) is 10.5. The minimum atomic E-state index is -4.14. The van der Waals surface area contributed by atoms with Crippen LogP contribution in [-0.4, -0.2) is 18.5 Å². The number of hydrogen-bond donors (Lipinski definition) is 2. The number of aromatic nitrogens is 1. The van der Waals surface area contributed by atoms with E-state index in [1.54, 1.807) is 18.2 Å². The number of halogens is 2. The Hall–Kier alpha value is -1.58. The normalized spacial score (nSPS) is 11.7. The second-order valence-corrected chi connectivity index (χ2v) is 8.22. The van der Waals surface area contributed by atoms with Gasteiger partial charge in [0.05, 0.1) is 15.4 Å². The van der Waals surface area contributed by atoms with Crippen LogP contribution in [-0.2, 0) is 9.84 Å². The Labute approximate surface area is 150 Å². The van der Waals surface area contributed by atoms with E-state index < -0.39 is 26.0 Å². The van der Waals surface area contributed by atoms with Crippen molar-refractivity contribution in [1.29, 1.82) is 0 Å². The highest BCUT2D eigenvalue weighted by Crippen LogP contribution is 2.34. The number of benzene rings is 2. The van der Waals surface area contributed by atoms with E-state index >= 15 is 0 Å². The average molecular weight is 462 g/mol. The van der Waals surface area contributed by atoms with Gasteiger partial charge in [-0.2, -0.15) is 0 Å². The molecule has 3 aromatic rings. The highest BCUT2D eigenvalue weighted by atomic mass is 127. The van der Waals surface area contributed by atoms with E-state index in [9.17, 15) is 18.3 Å². The number of nitrogens with one attached hydrogen (secondary N) is 1. The van der Waals surface area contributed by atoms with Crippen molar-refractivity contribution < 1.29 is 13.5 Å². The maximum atomic E-state index is 12.7. The molecular weight excluding hydrogens is 453 g/mol. The Morgan fingerprint density at radius 2 is 1.78 bits per heavy atom. The number of pyridine rings is 1. The van der Waals surface area contributed by atoms with E-state index in [0.717, 1.165) is 0 Å². The fourth-order valence-electron chi connectivity index (χ4n) is 2.22. The van der Waals surface area contributed by atoms with Crippen LogP contribution in [0.5, 0.6) is 5.75 Å². The SMILES string of the molecule is O=c1[nH]c2cc(Cl)c(I)cc2c(O)c1S(=O)(=O)c1ccccc1. The number of H-pyrrole nitrogens is 1. The third-order valence-corrected chi connectivity index (χ3v) is 6.64. The number of fused-ring (bicyclic) bond motifs is 1. The zero-order chi connectivity index (χ0) is 16.8. The van der Waals surface area contributed by atoms with Gasteiger partial charge >= 0.3 is 0 Å². The molecule has 3 rings (SSSR count). The van der Waals surface area contributed by atoms with Gasteiger partial charge in [-0.25, -0.2) is 8.42 Å². The molecule has 0 aliphatic heterocycles. The Morgan fingerprint density at radius 3 is 2.43 bits per heavy atom. The Balaban J connectivity index is 2.39. The second-order valence-electron chi connectivity index (χ2n) is 4.76. The highest BCUT2D eigenvalue weighted by molar-refractivity contribution is 14.1. The van der Waals surface area contributed by atoms with Gasteiger partial charge in [-0.1, -0.05) is 29.8 Å². The van der Waals surface area contributed by atoms with Crippen molar-refractivity contribution in [3.8, 4) is 5.75 Å². The maximum absolute atomic E-state index is 12.7. The third-order valence-electron chi connectivity index (χ3n) is 3.31. The molecule has 0 aliphatic rings. The van der Waals surface area contributed by atoms with Crippen LogP contribution in [0, 0.1) is 3.57 Å². The van der Waals surface area contributed by atoms with Crippen LogP contribution in [0.4, 0.5) is 0 Å². The van der Waals surface area contributed by atoms with E-state index in [1.807, 2.05) is 22.6 Å². The monoisotopic (exact) mass is 461 g/mol. The first kappa shape index (κ1) is 16.3. The standard InChI is InChI=1S/C15H9ClINO4S/c16-10-7-12-9(6-11(10)17)13(19)14(15(20)18-12)23(21,22)8-4-2-1-3-5-8/h1-7H,(H2,18,19,20). The molecule has 0 unspecified atom stereocenters. The summed E-state index contributed by atoms with van der Waals surface area (Å²) in [5.74, 6) is -0.581. The molecule has 1 heterocycles. The van der Waals surface area contributed by atoms with Gasteiger partial charge in [-0.15, -0.1) is 0 Å². The molecule has 8 heteroatoms. The number of hydrogen-bond acceptors (Lipinski definition) is 4. The number of aromatic hydroxyl groups is 1. The molecule has 118 valence electrons. The molecule has 0 bridgehead atoms. The molecule has 2 N–H and O–H groups in total. The molecule has 0 radical (unpaired) electrons. The van der Waals surface area contributed by atoms with E-state index in [0.29, 0.717) is 8.59 Å². The molecule has 0 amide bonds. The van der Waals surface area contributed by atoms with Gasteiger partial charge < -0.3 is 10.1 Å². The van der Waals surface area contributed by atoms with Crippen molar-refractivity contribution in [3.05, 3.63) is 61.4 Å². The van der Waals surface area contributed by atoms with Crippen LogP contribution in [0.25, 0.3) is 10.9 Å². The number of sulfone groups is 1. The summed E-state index contributed by atoms with van der Waals surface area (Å²) < 4.78 is 26.0. The maximum Gasteiger partial charge on any atom is 0.271 e. The van der Waals surface area contributed by atoms with Crippen LogP contribution in [0.15, 0.2) is 57.1 Å². The molecule has 0 saturated heterocycles. The zero-order valence-electron chi connectivity index (χ0n) is 11.4. The highest BCUT2D eigenvalue weighted by Gasteiger charge is 2.27. The molecule has 2 aromatic carbocycles. The zero-order valence-corrected chi connectivity index (χ0v) is 15.1. The van der Waals surface area contributed by atoms with E-state index in [-0.39, 0.29) is 15.8 Å².